The van der Waals surface area contributed by atoms with E-state index in [4.69, 9.17) is 11.6 Å². The van der Waals surface area contributed by atoms with Gasteiger partial charge >= 0.3 is 0 Å². The molecule has 0 aliphatic carbocycles. The van der Waals surface area contributed by atoms with Crippen LogP contribution in [0, 0.1) is 17.2 Å². The van der Waals surface area contributed by atoms with E-state index in [1.807, 2.05) is 39.8 Å². The molecule has 4 N–H and O–H groups in total. The van der Waals surface area contributed by atoms with Gasteiger partial charge in [-0.05, 0) is 55.5 Å². The summed E-state index contributed by atoms with van der Waals surface area (Å²) in [7, 11) is -3.86. The van der Waals surface area contributed by atoms with Crippen LogP contribution in [0.15, 0.2) is 71.9 Å². The molecule has 2 aromatic carbocycles. The van der Waals surface area contributed by atoms with Gasteiger partial charge in [0.25, 0.3) is 0 Å². The van der Waals surface area contributed by atoms with E-state index >= 15 is 4.39 Å². The van der Waals surface area contributed by atoms with Gasteiger partial charge in [0.2, 0.25) is 15.9 Å². The number of nitrogens with zero attached hydrogens (tertiary/aromatic N) is 1. The van der Waals surface area contributed by atoms with Crippen LogP contribution in [0.3, 0.4) is 0 Å². The summed E-state index contributed by atoms with van der Waals surface area (Å²) in [5, 5.41) is 16.2. The zero-order valence-corrected chi connectivity index (χ0v) is 26.8. The average molecular weight is 633 g/mol. The van der Waals surface area contributed by atoms with Crippen molar-refractivity contribution < 1.29 is 22.7 Å². The molecule has 1 amide bonds. The highest BCUT2D eigenvalue weighted by molar-refractivity contribution is 7.89. The molecule has 0 fully saturated rings. The number of aromatic nitrogens is 1. The number of halogens is 2. The highest BCUT2D eigenvalue weighted by Gasteiger charge is 2.40. The first-order valence-electron chi connectivity index (χ1n) is 14.4. The minimum absolute atomic E-state index is 0.111. The Kier molecular flexibility index (Phi) is 12.2. The maximum atomic E-state index is 15.2. The molecule has 3 rings (SSSR count). The normalized spacial score (nSPS) is 14.3. The number of pyridine rings is 1. The lowest BCUT2D eigenvalue weighted by Crippen LogP contribution is -2.43. The van der Waals surface area contributed by atoms with Crippen LogP contribution >= 0.6 is 11.6 Å². The predicted octanol–water partition coefficient (Wildman–Crippen LogP) is 5.53. The third-order valence-corrected chi connectivity index (χ3v) is 9.25. The Labute approximate surface area is 259 Å². The number of benzene rings is 2. The van der Waals surface area contributed by atoms with Crippen molar-refractivity contribution in [3.05, 3.63) is 89.0 Å². The summed E-state index contributed by atoms with van der Waals surface area (Å²) in [6, 6.07) is 14.8. The zero-order valence-electron chi connectivity index (χ0n) is 25.3. The van der Waals surface area contributed by atoms with Crippen LogP contribution < -0.4 is 15.4 Å². The maximum absolute atomic E-state index is 15.2. The number of carbonyl (C=O) groups excluding carboxylic acids is 1. The van der Waals surface area contributed by atoms with Crippen molar-refractivity contribution >= 4 is 33.2 Å². The van der Waals surface area contributed by atoms with Gasteiger partial charge in [-0.25, -0.2) is 17.5 Å². The number of nitrogens with one attached hydrogen (secondary N) is 3. The number of rotatable bonds is 15. The first-order valence-corrected chi connectivity index (χ1v) is 16.2. The number of sulfonamides is 1. The summed E-state index contributed by atoms with van der Waals surface area (Å²) in [4.78, 5) is 17.8. The fourth-order valence-corrected chi connectivity index (χ4v) is 6.85. The Morgan fingerprint density at radius 2 is 1.67 bits per heavy atom. The van der Waals surface area contributed by atoms with Gasteiger partial charge in [0, 0.05) is 35.6 Å². The van der Waals surface area contributed by atoms with E-state index in [9.17, 15) is 18.3 Å². The molecule has 0 radical (unpaired) electrons. The standard InChI is InChI=1S/C32H42ClFN4O4S/c1-21(2)30(23-11-13-24(33)14-12-23)32(4,5)31(40)37-29-20-36-19-28(34)27(29)16-15-25(18-35-17-22(3)39)38-43(41,42)26-9-7-6-8-10-26/h6-14,19-22,25,30,35,38-39H,15-18H2,1-5H3,(H,37,40)/t22-,25+,30-/m1/s1. The quantitative estimate of drug-likeness (QED) is 0.175. The molecular formula is C32H42ClFN4O4S. The molecule has 11 heteroatoms. The van der Waals surface area contributed by atoms with Gasteiger partial charge in [0.15, 0.2) is 0 Å². The van der Waals surface area contributed by atoms with Crippen LogP contribution in [0.2, 0.25) is 5.02 Å². The number of anilines is 1. The van der Waals surface area contributed by atoms with E-state index in [-0.39, 0.29) is 59.8 Å². The second-order valence-corrected chi connectivity index (χ2v) is 13.9. The highest BCUT2D eigenvalue weighted by atomic mass is 35.5. The molecule has 0 aliphatic heterocycles. The van der Waals surface area contributed by atoms with Crippen molar-refractivity contribution in [1.29, 1.82) is 0 Å². The molecule has 43 heavy (non-hydrogen) atoms. The van der Waals surface area contributed by atoms with Crippen molar-refractivity contribution in [3.63, 3.8) is 0 Å². The lowest BCUT2D eigenvalue weighted by Gasteiger charge is -2.36. The Hall–Kier alpha value is -2.89. The SMILES string of the molecule is CC(C)[C@H](c1ccc(Cl)cc1)C(C)(C)C(=O)Nc1cncc(F)c1CC[C@@H](CNC[C@@H](C)O)NS(=O)(=O)c1ccccc1. The fourth-order valence-electron chi connectivity index (χ4n) is 5.43. The largest absolute Gasteiger partial charge is 0.392 e. The Morgan fingerprint density at radius 3 is 2.28 bits per heavy atom. The minimum Gasteiger partial charge on any atom is -0.392 e. The molecule has 3 atom stereocenters. The van der Waals surface area contributed by atoms with E-state index < -0.39 is 33.4 Å². The average Bonchev–Trinajstić information content (AvgIpc) is 2.93. The number of hydrogen-bond donors (Lipinski definition) is 4. The third kappa shape index (κ3) is 9.55. The van der Waals surface area contributed by atoms with Crippen molar-refractivity contribution in [1.82, 2.24) is 15.0 Å². The van der Waals surface area contributed by atoms with E-state index in [2.05, 4.69) is 20.3 Å². The van der Waals surface area contributed by atoms with Crippen LogP contribution in [-0.4, -0.2) is 49.7 Å². The second kappa shape index (κ2) is 15.2. The monoisotopic (exact) mass is 632 g/mol. The van der Waals surface area contributed by atoms with E-state index in [0.29, 0.717) is 5.02 Å². The van der Waals surface area contributed by atoms with E-state index in [0.717, 1.165) is 11.8 Å². The number of aliphatic hydroxyl groups excluding tert-OH is 1. The van der Waals surface area contributed by atoms with Gasteiger partial charge in [0.05, 0.1) is 34.5 Å². The number of aliphatic hydroxyl groups is 1. The van der Waals surface area contributed by atoms with Gasteiger partial charge in [-0.3, -0.25) is 9.78 Å². The Morgan fingerprint density at radius 1 is 1.02 bits per heavy atom. The van der Waals surface area contributed by atoms with Crippen LogP contribution in [-0.2, 0) is 21.2 Å². The zero-order chi connectivity index (χ0) is 31.8. The molecule has 0 aliphatic rings. The first kappa shape index (κ1) is 34.6. The van der Waals surface area contributed by atoms with E-state index in [1.54, 1.807) is 37.3 Å². The summed E-state index contributed by atoms with van der Waals surface area (Å²) in [6.07, 6.45) is 2.19. The van der Waals surface area contributed by atoms with Gasteiger partial charge in [-0.2, -0.15) is 0 Å². The molecule has 0 bridgehead atoms. The Balaban J connectivity index is 1.83. The minimum atomic E-state index is -3.86. The number of amides is 1. The summed E-state index contributed by atoms with van der Waals surface area (Å²) >= 11 is 6.10. The number of hydrogen-bond acceptors (Lipinski definition) is 6. The van der Waals surface area contributed by atoms with Crippen molar-refractivity contribution in [2.75, 3.05) is 18.4 Å². The van der Waals surface area contributed by atoms with Crippen LogP contribution in [0.5, 0.6) is 0 Å². The molecular weight excluding hydrogens is 591 g/mol. The van der Waals surface area contributed by atoms with Gasteiger partial charge in [-0.1, -0.05) is 69.6 Å². The fraction of sp³-hybridized carbons (Fsp3) is 0.438. The highest BCUT2D eigenvalue weighted by Crippen LogP contribution is 2.42. The Bertz CT molecular complexity index is 1450. The first-order chi connectivity index (χ1) is 20.2. The van der Waals surface area contributed by atoms with Crippen LogP contribution in [0.25, 0.3) is 0 Å². The molecule has 0 saturated heterocycles. The molecule has 1 aromatic heterocycles. The summed E-state index contributed by atoms with van der Waals surface area (Å²) in [6.45, 7) is 9.89. The molecule has 1 heterocycles. The van der Waals surface area contributed by atoms with E-state index in [1.165, 1.54) is 18.3 Å². The lowest BCUT2D eigenvalue weighted by molar-refractivity contribution is -0.125. The van der Waals surface area contributed by atoms with Gasteiger partial charge in [0.1, 0.15) is 5.82 Å². The molecule has 0 unspecified atom stereocenters. The van der Waals surface area contributed by atoms with Crippen LogP contribution in [0.4, 0.5) is 10.1 Å². The van der Waals surface area contributed by atoms with Gasteiger partial charge in [-0.15, -0.1) is 0 Å². The van der Waals surface area contributed by atoms with Crippen molar-refractivity contribution in [3.8, 4) is 0 Å². The molecule has 8 nitrogen and oxygen atoms in total. The van der Waals surface area contributed by atoms with Crippen molar-refractivity contribution in [2.45, 2.75) is 70.4 Å². The lowest BCUT2D eigenvalue weighted by atomic mass is 9.68. The topological polar surface area (TPSA) is 120 Å². The predicted molar refractivity (Wildman–Crippen MR) is 169 cm³/mol. The smallest absolute Gasteiger partial charge is 0.240 e. The van der Waals surface area contributed by atoms with Gasteiger partial charge < -0.3 is 15.7 Å². The van der Waals surface area contributed by atoms with Crippen molar-refractivity contribution in [2.24, 2.45) is 11.3 Å². The second-order valence-electron chi connectivity index (χ2n) is 11.8. The van der Waals surface area contributed by atoms with Crippen LogP contribution in [0.1, 0.15) is 58.1 Å². The summed E-state index contributed by atoms with van der Waals surface area (Å²) < 4.78 is 44.0. The molecule has 234 valence electrons. The third-order valence-electron chi connectivity index (χ3n) is 7.46. The number of carbonyl (C=O) groups is 1. The summed E-state index contributed by atoms with van der Waals surface area (Å²) in [5.74, 6) is -0.948. The molecule has 0 spiro atoms. The molecule has 3 aromatic rings. The molecule has 0 saturated carbocycles. The maximum Gasteiger partial charge on any atom is 0.240 e. The summed E-state index contributed by atoms with van der Waals surface area (Å²) in [5.41, 5.74) is 0.546.